The van der Waals surface area contributed by atoms with Crippen molar-refractivity contribution in [1.29, 1.82) is 0 Å². The second-order valence-corrected chi connectivity index (χ2v) is 6.92. The molecule has 1 aromatic carbocycles. The molecule has 1 aliphatic rings. The fourth-order valence-electron chi connectivity index (χ4n) is 3.10. The molecular formula is C21H23ClN2O. The van der Waals surface area contributed by atoms with Crippen LogP contribution in [-0.4, -0.2) is 16.9 Å². The Bertz CT molecular complexity index is 873. The van der Waals surface area contributed by atoms with E-state index >= 15 is 0 Å². The molecule has 1 unspecified atom stereocenters. The molecule has 0 bridgehead atoms. The summed E-state index contributed by atoms with van der Waals surface area (Å²) in [5.41, 5.74) is 3.94. The first-order valence-electron chi connectivity index (χ1n) is 8.70. The average Bonchev–Trinajstić information content (AvgIpc) is 2.88. The third kappa shape index (κ3) is 4.23. The van der Waals surface area contributed by atoms with Crippen molar-refractivity contribution >= 4 is 28.4 Å². The normalized spacial score (nSPS) is 15.5. The van der Waals surface area contributed by atoms with Crippen molar-refractivity contribution in [2.75, 3.05) is 0 Å². The summed E-state index contributed by atoms with van der Waals surface area (Å²) in [5, 5.41) is 4.80. The van der Waals surface area contributed by atoms with Crippen molar-refractivity contribution in [3.63, 3.8) is 0 Å². The van der Waals surface area contributed by atoms with Gasteiger partial charge >= 0.3 is 0 Å². The van der Waals surface area contributed by atoms with Crippen molar-refractivity contribution < 1.29 is 4.79 Å². The summed E-state index contributed by atoms with van der Waals surface area (Å²) in [7, 11) is 0. The lowest BCUT2D eigenvalue weighted by atomic mass is 9.99. The lowest BCUT2D eigenvalue weighted by molar-refractivity contribution is 0.0936. The fourth-order valence-corrected chi connectivity index (χ4v) is 3.28. The number of hydrogen-bond donors (Lipinski definition) is 2. The predicted molar refractivity (Wildman–Crippen MR) is 105 cm³/mol. The van der Waals surface area contributed by atoms with Gasteiger partial charge in [-0.1, -0.05) is 54.8 Å². The van der Waals surface area contributed by atoms with E-state index in [1.54, 1.807) is 0 Å². The van der Waals surface area contributed by atoms with Crippen LogP contribution in [0.2, 0.25) is 5.02 Å². The van der Waals surface area contributed by atoms with Gasteiger partial charge in [0, 0.05) is 15.9 Å². The molecule has 1 aliphatic carbocycles. The van der Waals surface area contributed by atoms with Gasteiger partial charge in [-0.15, -0.1) is 0 Å². The largest absolute Gasteiger partial charge is 0.351 e. The molecule has 3 rings (SSSR count). The van der Waals surface area contributed by atoms with Gasteiger partial charge in [0.1, 0.15) is 5.69 Å². The van der Waals surface area contributed by atoms with Gasteiger partial charge in [0.25, 0.3) is 5.91 Å². The molecule has 0 fully saturated rings. The number of allylic oxidation sites excluding steroid dienone is 5. The van der Waals surface area contributed by atoms with E-state index in [1.807, 2.05) is 24.3 Å². The number of aromatic nitrogens is 1. The monoisotopic (exact) mass is 354 g/mol. The topological polar surface area (TPSA) is 44.9 Å². The van der Waals surface area contributed by atoms with E-state index in [2.05, 4.69) is 48.5 Å². The van der Waals surface area contributed by atoms with E-state index in [4.69, 9.17) is 11.6 Å². The zero-order chi connectivity index (χ0) is 17.8. The van der Waals surface area contributed by atoms with Gasteiger partial charge in [0.2, 0.25) is 0 Å². The molecule has 1 amide bonds. The molecule has 25 heavy (non-hydrogen) atoms. The Kier molecular flexibility index (Phi) is 5.44. The standard InChI is InChI=1S/C21H23ClN2O/c1-3-5-18(15-7-4-6-14(2)8-9-15)24-21(25)20-13-16-12-17(22)10-11-19(16)23-20/h4,6,8-13,18,23H,3,5,7H2,1-2H3,(H,24,25). The second-order valence-electron chi connectivity index (χ2n) is 6.49. The van der Waals surface area contributed by atoms with Crippen LogP contribution in [0, 0.1) is 0 Å². The average molecular weight is 355 g/mol. The summed E-state index contributed by atoms with van der Waals surface area (Å²) in [6.07, 6.45) is 11.3. The number of carbonyl (C=O) groups is 1. The summed E-state index contributed by atoms with van der Waals surface area (Å²) in [4.78, 5) is 15.9. The van der Waals surface area contributed by atoms with Crippen molar-refractivity contribution in [3.05, 3.63) is 70.4 Å². The van der Waals surface area contributed by atoms with Crippen LogP contribution in [0.3, 0.4) is 0 Å². The molecule has 1 aromatic heterocycles. The Hall–Kier alpha value is -2.26. The molecule has 130 valence electrons. The summed E-state index contributed by atoms with van der Waals surface area (Å²) in [6.45, 7) is 4.22. The second kappa shape index (κ2) is 7.75. The Morgan fingerprint density at radius 2 is 2.16 bits per heavy atom. The Morgan fingerprint density at radius 1 is 1.32 bits per heavy atom. The maximum absolute atomic E-state index is 12.7. The van der Waals surface area contributed by atoms with Crippen LogP contribution in [0.4, 0.5) is 0 Å². The van der Waals surface area contributed by atoms with Gasteiger partial charge in [0.05, 0.1) is 6.04 Å². The molecule has 0 saturated heterocycles. The molecule has 3 nitrogen and oxygen atoms in total. The lowest BCUT2D eigenvalue weighted by Gasteiger charge is -2.20. The van der Waals surface area contributed by atoms with E-state index in [-0.39, 0.29) is 11.9 Å². The van der Waals surface area contributed by atoms with Crippen molar-refractivity contribution in [3.8, 4) is 0 Å². The Balaban J connectivity index is 1.81. The minimum atomic E-state index is -0.0828. The quantitative estimate of drug-likeness (QED) is 0.726. The first-order chi connectivity index (χ1) is 12.1. The number of halogens is 1. The number of fused-ring (bicyclic) bond motifs is 1. The molecule has 2 N–H and O–H groups in total. The number of hydrogen-bond acceptors (Lipinski definition) is 1. The van der Waals surface area contributed by atoms with Gasteiger partial charge < -0.3 is 10.3 Å². The van der Waals surface area contributed by atoms with Crippen LogP contribution in [0.25, 0.3) is 10.9 Å². The first kappa shape index (κ1) is 17.6. The Labute approximate surface area is 153 Å². The van der Waals surface area contributed by atoms with Crippen LogP contribution in [0.5, 0.6) is 0 Å². The molecule has 1 heterocycles. The fraction of sp³-hybridized carbons (Fsp3) is 0.286. The molecule has 0 aliphatic heterocycles. The van der Waals surface area contributed by atoms with Crippen LogP contribution < -0.4 is 5.32 Å². The summed E-state index contributed by atoms with van der Waals surface area (Å²) < 4.78 is 0. The Morgan fingerprint density at radius 3 is 2.96 bits per heavy atom. The van der Waals surface area contributed by atoms with E-state index in [1.165, 1.54) is 11.1 Å². The predicted octanol–water partition coefficient (Wildman–Crippen LogP) is 5.55. The molecule has 0 spiro atoms. The lowest BCUT2D eigenvalue weighted by Crippen LogP contribution is -2.36. The van der Waals surface area contributed by atoms with Crippen molar-refractivity contribution in [1.82, 2.24) is 10.3 Å². The van der Waals surface area contributed by atoms with Crippen molar-refractivity contribution in [2.24, 2.45) is 0 Å². The summed E-state index contributed by atoms with van der Waals surface area (Å²) >= 11 is 6.03. The molecular weight excluding hydrogens is 332 g/mol. The molecule has 0 saturated carbocycles. The van der Waals surface area contributed by atoms with Crippen molar-refractivity contribution in [2.45, 2.75) is 39.2 Å². The number of benzene rings is 1. The minimum Gasteiger partial charge on any atom is -0.351 e. The molecule has 0 radical (unpaired) electrons. The maximum atomic E-state index is 12.7. The van der Waals surface area contributed by atoms with Crippen LogP contribution in [0.15, 0.2) is 59.7 Å². The third-order valence-electron chi connectivity index (χ3n) is 4.45. The highest BCUT2D eigenvalue weighted by molar-refractivity contribution is 6.31. The number of nitrogens with one attached hydrogen (secondary N) is 2. The highest BCUT2D eigenvalue weighted by atomic mass is 35.5. The molecule has 4 heteroatoms. The van der Waals surface area contributed by atoms with Crippen LogP contribution >= 0.6 is 11.6 Å². The van der Waals surface area contributed by atoms with Gasteiger partial charge in [-0.25, -0.2) is 0 Å². The number of carbonyl (C=O) groups excluding carboxylic acids is 1. The number of amides is 1. The smallest absolute Gasteiger partial charge is 0.268 e. The highest BCUT2D eigenvalue weighted by Gasteiger charge is 2.18. The first-order valence-corrected chi connectivity index (χ1v) is 9.07. The van der Waals surface area contributed by atoms with E-state index in [0.717, 1.165) is 30.2 Å². The molecule has 2 aromatic rings. The van der Waals surface area contributed by atoms with E-state index in [9.17, 15) is 4.79 Å². The van der Waals surface area contributed by atoms with E-state index in [0.29, 0.717) is 10.7 Å². The van der Waals surface area contributed by atoms with Gasteiger partial charge in [-0.2, -0.15) is 0 Å². The van der Waals surface area contributed by atoms with E-state index < -0.39 is 0 Å². The number of aromatic amines is 1. The van der Waals surface area contributed by atoms with Crippen LogP contribution in [0.1, 0.15) is 43.6 Å². The maximum Gasteiger partial charge on any atom is 0.268 e. The number of H-pyrrole nitrogens is 1. The highest BCUT2D eigenvalue weighted by Crippen LogP contribution is 2.22. The van der Waals surface area contributed by atoms with Gasteiger partial charge in [-0.05, 0) is 49.6 Å². The zero-order valence-electron chi connectivity index (χ0n) is 14.6. The van der Waals surface area contributed by atoms with Gasteiger partial charge in [0.15, 0.2) is 0 Å². The third-order valence-corrected chi connectivity index (χ3v) is 4.69. The number of rotatable bonds is 5. The minimum absolute atomic E-state index is 0.0410. The van der Waals surface area contributed by atoms with Crippen LogP contribution in [-0.2, 0) is 0 Å². The SMILES string of the molecule is CCCC(NC(=O)c1cc2cc(Cl)ccc2[nH]1)C1=CC=C(C)C=CC1. The van der Waals surface area contributed by atoms with Gasteiger partial charge in [-0.3, -0.25) is 4.79 Å². The summed E-state index contributed by atoms with van der Waals surface area (Å²) in [5.74, 6) is -0.0828. The molecule has 1 atom stereocenters. The summed E-state index contributed by atoms with van der Waals surface area (Å²) in [6, 6.07) is 7.47. The zero-order valence-corrected chi connectivity index (χ0v) is 15.4.